The Morgan fingerprint density at radius 2 is 1.43 bits per heavy atom. The molecule has 2 bridgehead atoms. The maximum Gasteiger partial charge on any atom is 0.330 e. The minimum absolute atomic E-state index is 0.0981. The van der Waals surface area contributed by atoms with E-state index in [2.05, 4.69) is 4.98 Å². The van der Waals surface area contributed by atoms with Crippen molar-refractivity contribution in [3.63, 3.8) is 0 Å². The number of nitrogens with zero attached hydrogens (tertiary/aromatic N) is 1. The van der Waals surface area contributed by atoms with Crippen molar-refractivity contribution in [1.82, 2.24) is 9.55 Å². The Hall–Kier alpha value is -4.22. The van der Waals surface area contributed by atoms with Gasteiger partial charge in [-0.1, -0.05) is 54.6 Å². The number of rotatable bonds is 8. The van der Waals surface area contributed by atoms with Crippen molar-refractivity contribution in [3.8, 4) is 11.5 Å². The van der Waals surface area contributed by atoms with E-state index in [4.69, 9.17) is 23.7 Å². The first-order chi connectivity index (χ1) is 20.3. The predicted molar refractivity (Wildman–Crippen MR) is 153 cm³/mol. The van der Waals surface area contributed by atoms with E-state index in [0.717, 1.165) is 16.7 Å². The average Bonchev–Trinajstić information content (AvgIpc) is 3.22. The van der Waals surface area contributed by atoms with Gasteiger partial charge in [-0.15, -0.1) is 0 Å². The van der Waals surface area contributed by atoms with Gasteiger partial charge in [0.1, 0.15) is 41.5 Å². The zero-order valence-corrected chi connectivity index (χ0v) is 23.4. The highest BCUT2D eigenvalue weighted by molar-refractivity contribution is 5.50. The molecule has 1 aromatic heterocycles. The van der Waals surface area contributed by atoms with Crippen LogP contribution in [0.15, 0.2) is 94.6 Å². The summed E-state index contributed by atoms with van der Waals surface area (Å²) in [6.07, 6.45) is -3.02. The number of benzene rings is 3. The van der Waals surface area contributed by atoms with Crippen molar-refractivity contribution in [2.24, 2.45) is 0 Å². The van der Waals surface area contributed by atoms with Gasteiger partial charge in [-0.3, -0.25) is 14.3 Å². The van der Waals surface area contributed by atoms with E-state index in [1.54, 1.807) is 21.1 Å². The zero-order valence-electron chi connectivity index (χ0n) is 23.4. The third kappa shape index (κ3) is 4.72. The molecule has 0 saturated carbocycles. The van der Waals surface area contributed by atoms with Crippen LogP contribution in [0.25, 0.3) is 0 Å². The van der Waals surface area contributed by atoms with Gasteiger partial charge in [0.2, 0.25) is 0 Å². The molecule has 2 fully saturated rings. The number of ether oxygens (including phenoxy) is 5. The standard InChI is InChI=1S/C32H32N2O8/c1-19-17-34(31(37)33-29(19)36)30-28-26(35)27(41-30)25(18-40-28)42-32(20-7-5-4-6-8-20,21-9-13-23(38-2)14-10-21)22-11-15-24(39-3)16-12-22/h4-17,25-28,30,35H,18H2,1-3H3,(H,33,36,37)/t25-,26-,27-,28+,30-/m1/s1. The Morgan fingerprint density at radius 1 is 0.857 bits per heavy atom. The summed E-state index contributed by atoms with van der Waals surface area (Å²) < 4.78 is 31.6. The molecule has 0 unspecified atom stereocenters. The van der Waals surface area contributed by atoms with Gasteiger partial charge in [0.05, 0.1) is 20.8 Å². The molecule has 2 aliphatic heterocycles. The van der Waals surface area contributed by atoms with Crippen molar-refractivity contribution in [3.05, 3.63) is 128 Å². The summed E-state index contributed by atoms with van der Waals surface area (Å²) in [7, 11) is 3.22. The average molecular weight is 573 g/mol. The van der Waals surface area contributed by atoms with Crippen LogP contribution in [0.2, 0.25) is 0 Å². The van der Waals surface area contributed by atoms with E-state index in [1.165, 1.54) is 10.8 Å². The Balaban J connectivity index is 1.45. The van der Waals surface area contributed by atoms with Gasteiger partial charge in [-0.2, -0.15) is 0 Å². The number of hydrogen-bond acceptors (Lipinski definition) is 8. The smallest absolute Gasteiger partial charge is 0.330 e. The molecule has 6 rings (SSSR count). The Bertz CT molecular complexity index is 1600. The zero-order chi connectivity index (χ0) is 29.4. The minimum Gasteiger partial charge on any atom is -0.497 e. The molecule has 0 aliphatic carbocycles. The first-order valence-corrected chi connectivity index (χ1v) is 13.7. The lowest BCUT2D eigenvalue weighted by Gasteiger charge is -2.42. The van der Waals surface area contributed by atoms with Gasteiger partial charge in [-0.05, 0) is 47.9 Å². The van der Waals surface area contributed by atoms with Gasteiger partial charge in [-0.25, -0.2) is 4.79 Å². The molecule has 2 aliphatic rings. The number of aliphatic hydroxyl groups is 1. The lowest BCUT2D eigenvalue weighted by molar-refractivity contribution is -0.178. The second kappa shape index (κ2) is 11.2. The van der Waals surface area contributed by atoms with E-state index in [-0.39, 0.29) is 6.61 Å². The van der Waals surface area contributed by atoms with Crippen LogP contribution >= 0.6 is 0 Å². The number of fused-ring (bicyclic) bond motifs is 2. The molecule has 0 spiro atoms. The summed E-state index contributed by atoms with van der Waals surface area (Å²) in [5.41, 5.74) is 0.533. The van der Waals surface area contributed by atoms with E-state index in [0.29, 0.717) is 17.1 Å². The van der Waals surface area contributed by atoms with Gasteiger partial charge in [0, 0.05) is 11.8 Å². The van der Waals surface area contributed by atoms with Crippen molar-refractivity contribution in [2.75, 3.05) is 20.8 Å². The third-order valence-corrected chi connectivity index (χ3v) is 7.99. The molecular formula is C32H32N2O8. The van der Waals surface area contributed by atoms with Crippen LogP contribution in [0.3, 0.4) is 0 Å². The number of aromatic amines is 1. The second-order valence-corrected chi connectivity index (χ2v) is 10.4. The van der Waals surface area contributed by atoms with Crippen molar-refractivity contribution in [1.29, 1.82) is 0 Å². The monoisotopic (exact) mass is 572 g/mol. The molecule has 218 valence electrons. The number of aryl methyl sites for hydroxylation is 1. The van der Waals surface area contributed by atoms with E-state index < -0.39 is 47.5 Å². The topological polar surface area (TPSA) is 121 Å². The molecular weight excluding hydrogens is 540 g/mol. The molecule has 2 N–H and O–H groups in total. The largest absolute Gasteiger partial charge is 0.497 e. The molecule has 3 heterocycles. The molecule has 10 nitrogen and oxygen atoms in total. The maximum absolute atomic E-state index is 12.7. The number of aliphatic hydroxyl groups excluding tert-OH is 1. The molecule has 0 radical (unpaired) electrons. The van der Waals surface area contributed by atoms with Crippen LogP contribution in [0.5, 0.6) is 11.5 Å². The minimum atomic E-state index is -1.16. The number of aromatic nitrogens is 2. The van der Waals surface area contributed by atoms with E-state index in [1.807, 2.05) is 78.9 Å². The van der Waals surface area contributed by atoms with Crippen molar-refractivity contribution < 1.29 is 28.8 Å². The quantitative estimate of drug-likeness (QED) is 0.309. The maximum atomic E-state index is 12.7. The number of methoxy groups -OCH3 is 2. The summed E-state index contributed by atoms with van der Waals surface area (Å²) in [4.78, 5) is 26.9. The normalized spacial score (nSPS) is 23.5. The van der Waals surface area contributed by atoms with Crippen LogP contribution < -0.4 is 20.7 Å². The predicted octanol–water partition coefficient (Wildman–Crippen LogP) is 2.90. The van der Waals surface area contributed by atoms with Crippen LogP contribution in [0.4, 0.5) is 0 Å². The Kier molecular flexibility index (Phi) is 7.46. The summed E-state index contributed by atoms with van der Waals surface area (Å²) in [6, 6.07) is 25.0. The molecule has 4 aromatic rings. The lowest BCUT2D eigenvalue weighted by Crippen LogP contribution is -2.52. The van der Waals surface area contributed by atoms with Gasteiger partial charge in [0.15, 0.2) is 6.23 Å². The number of H-pyrrole nitrogens is 1. The lowest BCUT2D eigenvalue weighted by atomic mass is 9.79. The van der Waals surface area contributed by atoms with E-state index >= 15 is 0 Å². The molecule has 0 amide bonds. The van der Waals surface area contributed by atoms with E-state index in [9.17, 15) is 14.7 Å². The van der Waals surface area contributed by atoms with Crippen molar-refractivity contribution in [2.45, 2.75) is 43.2 Å². The van der Waals surface area contributed by atoms with Gasteiger partial charge >= 0.3 is 5.69 Å². The fourth-order valence-corrected chi connectivity index (χ4v) is 5.82. The molecule has 10 heteroatoms. The summed E-state index contributed by atoms with van der Waals surface area (Å²) >= 11 is 0. The summed E-state index contributed by atoms with van der Waals surface area (Å²) in [5.74, 6) is 1.39. The number of hydrogen-bond donors (Lipinski definition) is 2. The molecule has 5 atom stereocenters. The first-order valence-electron chi connectivity index (χ1n) is 13.7. The van der Waals surface area contributed by atoms with Crippen LogP contribution in [-0.2, 0) is 19.8 Å². The number of nitrogens with one attached hydrogen (secondary N) is 1. The summed E-state index contributed by atoms with van der Waals surface area (Å²) in [5, 5.41) is 11.3. The van der Waals surface area contributed by atoms with Crippen LogP contribution in [0.1, 0.15) is 28.5 Å². The van der Waals surface area contributed by atoms with Crippen LogP contribution in [-0.4, -0.2) is 59.9 Å². The molecule has 42 heavy (non-hydrogen) atoms. The Morgan fingerprint density at radius 3 is 2.00 bits per heavy atom. The van der Waals surface area contributed by atoms with Gasteiger partial charge < -0.3 is 28.8 Å². The Labute approximate surface area is 242 Å². The fourth-order valence-electron chi connectivity index (χ4n) is 5.82. The first kappa shape index (κ1) is 27.9. The highest BCUT2D eigenvalue weighted by atomic mass is 16.6. The molecule has 2 saturated heterocycles. The summed E-state index contributed by atoms with van der Waals surface area (Å²) in [6.45, 7) is 1.69. The third-order valence-electron chi connectivity index (χ3n) is 7.99. The highest BCUT2D eigenvalue weighted by Crippen LogP contribution is 2.46. The van der Waals surface area contributed by atoms with Crippen molar-refractivity contribution >= 4 is 0 Å². The second-order valence-electron chi connectivity index (χ2n) is 10.4. The fraction of sp³-hybridized carbons (Fsp3) is 0.312. The SMILES string of the molecule is COc1ccc(C(O[C@@H]2CO[C@H]3[C@H](O)[C@@H]2O[C@H]3n2cc(C)c(=O)[nH]c2=O)(c2ccccc2)c2ccc(OC)cc2)cc1. The van der Waals surface area contributed by atoms with Crippen LogP contribution in [0, 0.1) is 6.92 Å². The molecule has 3 aromatic carbocycles. The van der Waals surface area contributed by atoms with Gasteiger partial charge in [0.25, 0.3) is 5.56 Å². The highest BCUT2D eigenvalue weighted by Gasteiger charge is 2.55.